The first-order chi connectivity index (χ1) is 58.4. The molecule has 8 N–H and O–H groups in total. The number of hydrogen-bond acceptors (Lipinski definition) is 27. The zero-order chi connectivity index (χ0) is 87.0. The fourth-order valence-electron chi connectivity index (χ4n) is 17.1. The van der Waals surface area contributed by atoms with E-state index in [0.29, 0.717) is 179 Å². The van der Waals surface area contributed by atoms with E-state index in [0.717, 1.165) is 59.4 Å². The maximum Gasteiger partial charge on any atom is 0.407 e. The highest BCUT2D eigenvalue weighted by Crippen LogP contribution is 2.42. The lowest BCUT2D eigenvalue weighted by molar-refractivity contribution is -0.265. The van der Waals surface area contributed by atoms with Gasteiger partial charge in [-0.05, 0) is 145 Å². The number of H-pyrrole nitrogens is 1. The van der Waals surface area contributed by atoms with E-state index in [2.05, 4.69) is 25.7 Å². The van der Waals surface area contributed by atoms with Gasteiger partial charge >= 0.3 is 12.1 Å². The normalized spacial score (nSPS) is 29.7. The maximum atomic E-state index is 14.8. The predicted octanol–water partition coefficient (Wildman–Crippen LogP) is 9.09. The van der Waals surface area contributed by atoms with E-state index >= 15 is 0 Å². The number of allylic oxidation sites excluding steroid dienone is 5. The van der Waals surface area contributed by atoms with Gasteiger partial charge in [-0.25, -0.2) is 24.1 Å². The Morgan fingerprint density at radius 2 is 1.37 bits per heavy atom. The molecule has 4 fully saturated rings. The van der Waals surface area contributed by atoms with Gasteiger partial charge in [0.15, 0.2) is 11.6 Å². The molecule has 9 rings (SSSR count). The van der Waals surface area contributed by atoms with Crippen LogP contribution >= 0.6 is 0 Å². The Labute approximate surface area is 711 Å². The number of ether oxygens (including phenoxy) is 14. The minimum Gasteiger partial charge on any atom is -0.495 e. The number of cyclic esters (lactones) is 1. The second kappa shape index (κ2) is 49.7. The highest BCUT2D eigenvalue weighted by Gasteiger charge is 2.53. The summed E-state index contributed by atoms with van der Waals surface area (Å²) in [5.74, 6) is -6.02. The summed E-state index contributed by atoms with van der Waals surface area (Å²) in [5, 5.41) is 47.2. The van der Waals surface area contributed by atoms with Crippen LogP contribution in [-0.4, -0.2) is 281 Å². The molecule has 674 valence electrons. The number of alkyl carbamates (subject to hydrolysis) is 1. The Morgan fingerprint density at radius 1 is 0.719 bits per heavy atom. The fraction of sp³-hybridized carbons (Fsp3) is 0.697. The van der Waals surface area contributed by atoms with Gasteiger partial charge in [-0.1, -0.05) is 83.2 Å². The molecule has 4 aromatic rings. The highest BCUT2D eigenvalue weighted by molar-refractivity contribution is 6.39. The largest absolute Gasteiger partial charge is 0.495 e. The number of aliphatic hydroxyl groups excluding tert-OH is 2. The van der Waals surface area contributed by atoms with Gasteiger partial charge in [-0.3, -0.25) is 19.2 Å². The molecule has 2 saturated carbocycles. The lowest BCUT2D eigenvalue weighted by Crippen LogP contribution is -2.61. The number of nitrogen functional groups attached to an aromatic ring is 1. The first kappa shape index (κ1) is 97.1. The van der Waals surface area contributed by atoms with Gasteiger partial charge < -0.3 is 108 Å². The average Bonchev–Trinajstić information content (AvgIpc) is 1.64. The van der Waals surface area contributed by atoms with E-state index in [1.807, 2.05) is 82.3 Å². The molecule has 1 aromatic carbocycles. The lowest BCUT2D eigenvalue weighted by atomic mass is 9.78. The van der Waals surface area contributed by atoms with Crippen molar-refractivity contribution in [2.75, 3.05) is 146 Å². The number of rotatable bonds is 35. The molecule has 3 amide bonds. The molecule has 32 heteroatoms. The Bertz CT molecular complexity index is 4030. The highest BCUT2D eigenvalue weighted by atomic mass is 16.6. The molecular formula is C89H135N9O23. The van der Waals surface area contributed by atoms with Crippen LogP contribution in [0.25, 0.3) is 27.8 Å². The number of carbonyl (C=O) groups is 6. The number of aromatic amines is 1. The van der Waals surface area contributed by atoms with Crippen molar-refractivity contribution in [3.05, 3.63) is 84.0 Å². The summed E-state index contributed by atoms with van der Waals surface area (Å²) >= 11 is 0. The summed E-state index contributed by atoms with van der Waals surface area (Å²) in [6.45, 7) is 18.6. The average molecular weight is 1700 g/mol. The molecule has 3 aromatic heterocycles. The Morgan fingerprint density at radius 3 is 2.01 bits per heavy atom. The van der Waals surface area contributed by atoms with E-state index in [9.17, 15) is 44.1 Å². The van der Waals surface area contributed by atoms with Crippen molar-refractivity contribution in [3.8, 4) is 17.1 Å². The van der Waals surface area contributed by atoms with Crippen molar-refractivity contribution in [1.82, 2.24) is 40.1 Å². The minimum atomic E-state index is -2.47. The molecule has 2 bridgehead atoms. The summed E-state index contributed by atoms with van der Waals surface area (Å²) in [7, 11) is 6.16. The van der Waals surface area contributed by atoms with E-state index in [4.69, 9.17) is 77.0 Å². The number of nitrogens with zero attached hydrogens (tertiary/aromatic N) is 5. The van der Waals surface area contributed by atoms with Gasteiger partial charge in [0, 0.05) is 88.8 Å². The molecule has 5 aliphatic rings. The van der Waals surface area contributed by atoms with Gasteiger partial charge in [0.1, 0.15) is 59.6 Å². The number of para-hydroxylation sites is 1. The molecule has 6 heterocycles. The molecular weight excluding hydrogens is 1560 g/mol. The van der Waals surface area contributed by atoms with Crippen molar-refractivity contribution >= 4 is 57.7 Å². The number of methoxy groups -OCH3 is 4. The number of piperidine rings is 1. The molecule has 16 atom stereocenters. The molecule has 0 spiro atoms. The zero-order valence-electron chi connectivity index (χ0n) is 72.8. The van der Waals surface area contributed by atoms with Gasteiger partial charge in [0.25, 0.3) is 11.7 Å². The van der Waals surface area contributed by atoms with Crippen LogP contribution in [0.4, 0.5) is 10.6 Å². The number of amides is 3. The van der Waals surface area contributed by atoms with Crippen LogP contribution in [0.5, 0.6) is 5.75 Å². The van der Waals surface area contributed by atoms with E-state index in [1.165, 1.54) is 18.3 Å². The molecule has 2 saturated heterocycles. The number of benzene rings is 1. The van der Waals surface area contributed by atoms with Crippen LogP contribution < -0.4 is 21.1 Å². The predicted molar refractivity (Wildman–Crippen MR) is 451 cm³/mol. The zero-order valence-corrected chi connectivity index (χ0v) is 72.8. The summed E-state index contributed by atoms with van der Waals surface area (Å²) in [5.41, 5.74) is 10.7. The van der Waals surface area contributed by atoms with Crippen molar-refractivity contribution in [2.45, 2.75) is 218 Å². The van der Waals surface area contributed by atoms with Crippen LogP contribution in [-0.2, 0) is 85.6 Å². The Balaban J connectivity index is 0.616. The third kappa shape index (κ3) is 28.2. The maximum absolute atomic E-state index is 14.8. The Kier molecular flexibility index (Phi) is 39.9. The third-order valence-corrected chi connectivity index (χ3v) is 24.2. The topological polar surface area (TPSA) is 405 Å². The third-order valence-electron chi connectivity index (χ3n) is 24.2. The number of imidazole rings is 1. The molecule has 3 aliphatic heterocycles. The first-order valence-corrected chi connectivity index (χ1v) is 43.4. The second-order valence-electron chi connectivity index (χ2n) is 33.1. The SMILES string of the molecule is COc1cccc2cc(-c3nc(C4CCC(C(=O)NCCOCCOCCOCCOCCOCCOCCOCCNC(=O)O[C@@H]5CC[C@@H](C[C@@H](C)[C@@H]6C[C@@H](O)[C@H](C)/C=C(\C)[C@@H](O)[C@@H](OC)C(=O)[C@H](C)C[C@H](C)/C=C/C=C/C=C(\C)[C@@H](OC)C[C@@H]7CC[C@@H](C)[C@@](O)(O7)C(=O)C(=O)N7CCCC[C@H]7C(=O)O6)C[C@H]5OC)CC4)n4ncnc(N)c34)[nH]c12. The van der Waals surface area contributed by atoms with E-state index < -0.39 is 102 Å². The fourth-order valence-corrected chi connectivity index (χ4v) is 17.1. The summed E-state index contributed by atoms with van der Waals surface area (Å²) in [6.07, 6.45) is 13.4. The van der Waals surface area contributed by atoms with Crippen LogP contribution in [0.2, 0.25) is 0 Å². The van der Waals surface area contributed by atoms with E-state index in [-0.39, 0.29) is 73.8 Å². The van der Waals surface area contributed by atoms with Gasteiger partial charge in [-0.2, -0.15) is 5.10 Å². The van der Waals surface area contributed by atoms with E-state index in [1.54, 1.807) is 52.7 Å². The number of carbonyl (C=O) groups excluding carboxylic acids is 6. The van der Waals surface area contributed by atoms with Gasteiger partial charge in [0.2, 0.25) is 11.7 Å². The quantitative estimate of drug-likeness (QED) is 0.00976. The number of aliphatic hydroxyl groups is 3. The number of Topliss-reactive ketones (excluding diaryl/α,β-unsaturated/α-hetero) is 2. The van der Waals surface area contributed by atoms with Gasteiger partial charge in [-0.15, -0.1) is 0 Å². The standard InChI is InChI=1S/C89H135N9O23/c1-56-18-13-12-14-19-57(2)73(109-9)53-67-29-23-62(7)89(107,121-67)82(102)86(104)97-33-16-15-21-69(97)87(105)119-74(54-70(99)58(3)49-61(6)80(101)81(111-11)79(100)60(5)48-56)59(4)50-63-24-30-71(75(51-63)110-10)120-88(106)92-32-35-113-37-39-115-41-43-117-45-47-118-46-44-116-42-40-114-38-36-112-34-31-91-85(103)65-27-25-64(26-28-65)84-96-77(78-83(90)93-55-94-98(78)84)68-52-66-20-17-22-72(108-8)76(66)95-68/h12-14,17-20,22,49,52,55-56,58-60,62-65,67,69-71,73-75,80-81,95,99,101,107H,15-16,21,23-48,50-51,53-54H2,1-11H3,(H,91,103)(H,92,106)(H2,90,93,94)/b14-12+,18-13+,57-19+,61-49+/t56-,58-,59-,60-,62-,63+,64?,65?,67+,69+,70-,71-,73+,74+,75-,80-,81+,89-/m1/s1. The molecule has 0 radical (unpaired) electrons. The number of anilines is 1. The number of aromatic nitrogens is 5. The van der Waals surface area contributed by atoms with Crippen molar-refractivity contribution in [1.29, 1.82) is 0 Å². The van der Waals surface area contributed by atoms with Crippen molar-refractivity contribution in [3.63, 3.8) is 0 Å². The van der Waals surface area contributed by atoms with Crippen LogP contribution in [0.15, 0.2) is 78.2 Å². The number of fused-ring (bicyclic) bond motifs is 5. The second-order valence-corrected chi connectivity index (χ2v) is 33.1. The minimum absolute atomic E-state index is 0.00642. The smallest absolute Gasteiger partial charge is 0.407 e. The van der Waals surface area contributed by atoms with Gasteiger partial charge in [0.05, 0.1) is 135 Å². The monoisotopic (exact) mass is 1700 g/mol. The molecule has 2 aliphatic carbocycles. The summed E-state index contributed by atoms with van der Waals surface area (Å²) in [4.78, 5) is 98.0. The number of nitrogens with one attached hydrogen (secondary N) is 3. The van der Waals surface area contributed by atoms with Crippen molar-refractivity contribution < 1.29 is 110 Å². The number of esters is 1. The van der Waals surface area contributed by atoms with Crippen LogP contribution in [0.1, 0.15) is 163 Å². The summed E-state index contributed by atoms with van der Waals surface area (Å²) in [6, 6.07) is 6.70. The number of nitrogens with two attached hydrogens (primary N) is 1. The number of hydrogen-bond donors (Lipinski definition) is 7. The van der Waals surface area contributed by atoms with Crippen LogP contribution in [0, 0.1) is 41.4 Å². The van der Waals surface area contributed by atoms with Crippen molar-refractivity contribution in [2.24, 2.45) is 41.4 Å². The molecule has 0 unspecified atom stereocenters. The van der Waals surface area contributed by atoms with Crippen LogP contribution in [0.3, 0.4) is 0 Å². The molecule has 121 heavy (non-hydrogen) atoms. The Hall–Kier alpha value is -7.67. The summed E-state index contributed by atoms with van der Waals surface area (Å²) < 4.78 is 82.9. The molecule has 32 nitrogen and oxygen atoms in total. The first-order valence-electron chi connectivity index (χ1n) is 43.4. The lowest BCUT2D eigenvalue weighted by Gasteiger charge is -2.43. The number of ketones is 2.